The molecule has 0 aliphatic rings. The second kappa shape index (κ2) is 5.80. The van der Waals surface area contributed by atoms with Gasteiger partial charge in [0, 0.05) is 0 Å². The molecule has 0 aliphatic carbocycles. The van der Waals surface area contributed by atoms with Gasteiger partial charge in [0.2, 0.25) is 0 Å². The van der Waals surface area contributed by atoms with Crippen molar-refractivity contribution >= 4 is 0 Å². The summed E-state index contributed by atoms with van der Waals surface area (Å²) in [6.07, 6.45) is 0.853. The van der Waals surface area contributed by atoms with Crippen molar-refractivity contribution in [1.29, 1.82) is 0 Å². The molecule has 0 saturated heterocycles. The van der Waals surface area contributed by atoms with Crippen LogP contribution in [0.4, 0.5) is 0 Å². The molecule has 0 spiro atoms. The highest BCUT2D eigenvalue weighted by atomic mass is 15.3. The van der Waals surface area contributed by atoms with Gasteiger partial charge in [-0.15, -0.1) is 0 Å². The Morgan fingerprint density at radius 2 is 1.59 bits per heavy atom. The molecule has 0 aromatic heterocycles. The summed E-state index contributed by atoms with van der Waals surface area (Å²) in [7, 11) is 0. The third-order valence-electron chi connectivity index (χ3n) is 2.66. The van der Waals surface area contributed by atoms with Crippen LogP contribution in [-0.4, -0.2) is 6.54 Å². The van der Waals surface area contributed by atoms with Crippen molar-refractivity contribution in [3.05, 3.63) is 60.2 Å². The van der Waals surface area contributed by atoms with Crippen LogP contribution < -0.4 is 5.84 Å². The second-order valence-corrected chi connectivity index (χ2v) is 3.75. The number of hydrogen-bond acceptors (Lipinski definition) is 2. The Kier molecular flexibility index (Phi) is 3.86. The van der Waals surface area contributed by atoms with Crippen molar-refractivity contribution in [2.45, 2.75) is 6.42 Å². The average Bonchev–Trinajstić information content (AvgIpc) is 2.41. The van der Waals surface area contributed by atoms with Crippen LogP contribution >= 0.6 is 0 Å². The maximum Gasteiger partial charge on any atom is 0.0660 e. The summed E-state index contributed by atoms with van der Waals surface area (Å²) >= 11 is 0. The van der Waals surface area contributed by atoms with Crippen LogP contribution in [-0.2, 0) is 6.42 Å². The van der Waals surface area contributed by atoms with Crippen molar-refractivity contribution in [3.63, 3.8) is 0 Å². The Balaban J connectivity index is 2.28. The van der Waals surface area contributed by atoms with Crippen LogP contribution in [0.25, 0.3) is 11.1 Å². The molecule has 2 aromatic carbocycles. The molecule has 2 rings (SSSR count). The van der Waals surface area contributed by atoms with E-state index in [-0.39, 0.29) is 0 Å². The summed E-state index contributed by atoms with van der Waals surface area (Å²) in [6, 6.07) is 18.7. The van der Waals surface area contributed by atoms with Gasteiger partial charge in [-0.3, -0.25) is 0 Å². The van der Waals surface area contributed by atoms with Gasteiger partial charge in [-0.25, -0.2) is 0 Å². The van der Waals surface area contributed by atoms with Crippen LogP contribution in [0, 0.1) is 0 Å². The van der Waals surface area contributed by atoms with Gasteiger partial charge in [0.1, 0.15) is 0 Å². The highest BCUT2D eigenvalue weighted by Crippen LogP contribution is 2.23. The minimum absolute atomic E-state index is 0.625. The van der Waals surface area contributed by atoms with E-state index >= 15 is 0 Å². The second-order valence-electron chi connectivity index (χ2n) is 3.75. The van der Waals surface area contributed by atoms with Crippen molar-refractivity contribution in [2.75, 3.05) is 6.54 Å². The van der Waals surface area contributed by atoms with Crippen LogP contribution in [0.15, 0.2) is 64.9 Å². The van der Waals surface area contributed by atoms with Gasteiger partial charge in [0.25, 0.3) is 0 Å². The maximum absolute atomic E-state index is 5.00. The minimum Gasteiger partial charge on any atom is -0.305 e. The van der Waals surface area contributed by atoms with Crippen molar-refractivity contribution in [2.24, 2.45) is 16.2 Å². The lowest BCUT2D eigenvalue weighted by Crippen LogP contribution is -1.93. The van der Waals surface area contributed by atoms with Crippen LogP contribution in [0.1, 0.15) is 5.56 Å². The fraction of sp³-hybridized carbons (Fsp3) is 0.143. The first kappa shape index (κ1) is 11.3. The fourth-order valence-corrected chi connectivity index (χ4v) is 1.87. The quantitative estimate of drug-likeness (QED) is 0.485. The standard InChI is InChI=1S/C14H15N3/c15-17-16-11-10-13-8-4-5-9-14(13)12-6-2-1-3-7-12/h1-9H,10-11H2,(H2,15,16). The van der Waals surface area contributed by atoms with E-state index in [4.69, 9.17) is 5.84 Å². The Bertz CT molecular complexity index is 492. The molecule has 2 N–H and O–H groups in total. The van der Waals surface area contributed by atoms with E-state index in [9.17, 15) is 0 Å². The van der Waals surface area contributed by atoms with E-state index in [2.05, 4.69) is 40.7 Å². The molecular formula is C14H15N3. The number of rotatable bonds is 4. The van der Waals surface area contributed by atoms with Crippen molar-refractivity contribution in [3.8, 4) is 11.1 Å². The molecule has 17 heavy (non-hydrogen) atoms. The Hall–Kier alpha value is -2.16. The van der Waals surface area contributed by atoms with E-state index in [0.717, 1.165) is 6.42 Å². The summed E-state index contributed by atoms with van der Waals surface area (Å²) in [5.74, 6) is 5.00. The molecule has 0 bridgehead atoms. The average molecular weight is 225 g/mol. The molecule has 86 valence electrons. The maximum atomic E-state index is 5.00. The van der Waals surface area contributed by atoms with Crippen molar-refractivity contribution in [1.82, 2.24) is 0 Å². The van der Waals surface area contributed by atoms with Gasteiger partial charge >= 0.3 is 0 Å². The minimum atomic E-state index is 0.625. The number of benzene rings is 2. The van der Waals surface area contributed by atoms with Crippen LogP contribution in [0.3, 0.4) is 0 Å². The first-order valence-corrected chi connectivity index (χ1v) is 5.62. The molecule has 3 nitrogen and oxygen atoms in total. The molecule has 0 amide bonds. The SMILES string of the molecule is NN=NCCc1ccccc1-c1ccccc1. The third kappa shape index (κ3) is 2.91. The zero-order valence-corrected chi connectivity index (χ0v) is 9.58. The number of hydrogen-bond donors (Lipinski definition) is 1. The highest BCUT2D eigenvalue weighted by molar-refractivity contribution is 5.67. The van der Waals surface area contributed by atoms with Gasteiger partial charge in [-0.1, -0.05) is 59.8 Å². The monoisotopic (exact) mass is 225 g/mol. The highest BCUT2D eigenvalue weighted by Gasteiger charge is 2.03. The summed E-state index contributed by atoms with van der Waals surface area (Å²) in [4.78, 5) is 0. The number of nitrogens with two attached hydrogens (primary N) is 1. The van der Waals surface area contributed by atoms with E-state index in [1.807, 2.05) is 24.3 Å². The number of nitrogens with zero attached hydrogens (tertiary/aromatic N) is 2. The summed E-state index contributed by atoms with van der Waals surface area (Å²) in [6.45, 7) is 0.625. The molecule has 3 heteroatoms. The topological polar surface area (TPSA) is 50.7 Å². The first-order valence-electron chi connectivity index (χ1n) is 5.62. The van der Waals surface area contributed by atoms with Gasteiger partial charge in [-0.05, 0) is 23.1 Å². The van der Waals surface area contributed by atoms with Crippen LogP contribution in [0.5, 0.6) is 0 Å². The fourth-order valence-electron chi connectivity index (χ4n) is 1.87. The summed E-state index contributed by atoms with van der Waals surface area (Å²) < 4.78 is 0. The van der Waals surface area contributed by atoms with Gasteiger partial charge in [-0.2, -0.15) is 5.11 Å². The summed E-state index contributed by atoms with van der Waals surface area (Å²) in [5, 5.41) is 7.08. The normalized spacial score (nSPS) is 10.8. The first-order chi connectivity index (χ1) is 8.42. The van der Waals surface area contributed by atoms with E-state index < -0.39 is 0 Å². The zero-order chi connectivity index (χ0) is 11.9. The lowest BCUT2D eigenvalue weighted by Gasteiger charge is -2.08. The molecule has 0 heterocycles. The van der Waals surface area contributed by atoms with Gasteiger partial charge < -0.3 is 5.84 Å². The zero-order valence-electron chi connectivity index (χ0n) is 9.58. The molecule has 0 aliphatic heterocycles. The predicted molar refractivity (Wildman–Crippen MR) is 69.5 cm³/mol. The Morgan fingerprint density at radius 1 is 0.882 bits per heavy atom. The van der Waals surface area contributed by atoms with E-state index in [1.54, 1.807) is 0 Å². The van der Waals surface area contributed by atoms with Gasteiger partial charge in [0.15, 0.2) is 0 Å². The smallest absolute Gasteiger partial charge is 0.0660 e. The Morgan fingerprint density at radius 3 is 2.35 bits per heavy atom. The molecule has 2 aromatic rings. The van der Waals surface area contributed by atoms with Crippen molar-refractivity contribution < 1.29 is 0 Å². The molecule has 0 fully saturated rings. The molecule has 0 atom stereocenters. The van der Waals surface area contributed by atoms with Gasteiger partial charge in [0.05, 0.1) is 6.54 Å². The molecule has 0 radical (unpaired) electrons. The van der Waals surface area contributed by atoms with Crippen LogP contribution in [0.2, 0.25) is 0 Å². The molecule has 0 unspecified atom stereocenters. The largest absolute Gasteiger partial charge is 0.305 e. The summed E-state index contributed by atoms with van der Waals surface area (Å²) in [5.41, 5.74) is 3.75. The van der Waals surface area contributed by atoms with E-state index in [0.29, 0.717) is 6.54 Å². The predicted octanol–water partition coefficient (Wildman–Crippen LogP) is 3.22. The lowest BCUT2D eigenvalue weighted by atomic mass is 9.98. The Labute approximate surface area is 101 Å². The van der Waals surface area contributed by atoms with E-state index in [1.165, 1.54) is 16.7 Å². The molecule has 0 saturated carbocycles. The lowest BCUT2D eigenvalue weighted by molar-refractivity contribution is 0.860. The molecular weight excluding hydrogens is 210 g/mol. The third-order valence-corrected chi connectivity index (χ3v) is 2.66.